The van der Waals surface area contributed by atoms with E-state index in [0.29, 0.717) is 17.4 Å². The maximum absolute atomic E-state index is 9.51. The van der Waals surface area contributed by atoms with Crippen LogP contribution in [0.1, 0.15) is 49.4 Å². The second kappa shape index (κ2) is 8.36. The molecule has 1 unspecified atom stereocenters. The van der Waals surface area contributed by atoms with E-state index in [1.165, 1.54) is 34.4 Å². The molecule has 2 aromatic carbocycles. The number of thiazole rings is 1. The van der Waals surface area contributed by atoms with Gasteiger partial charge >= 0.3 is 0 Å². The number of benzene rings is 2. The van der Waals surface area contributed by atoms with E-state index in [4.69, 9.17) is 4.74 Å². The molecule has 0 amide bonds. The van der Waals surface area contributed by atoms with Gasteiger partial charge in [-0.2, -0.15) is 5.26 Å². The molecule has 29 heavy (non-hydrogen) atoms. The topological polar surface area (TPSA) is 57.9 Å². The van der Waals surface area contributed by atoms with Gasteiger partial charge in [0.1, 0.15) is 16.8 Å². The van der Waals surface area contributed by atoms with E-state index in [1.807, 2.05) is 45.3 Å². The Bertz CT molecular complexity index is 1060. The van der Waals surface area contributed by atoms with E-state index in [-0.39, 0.29) is 6.10 Å². The van der Waals surface area contributed by atoms with Crippen LogP contribution in [0.4, 0.5) is 0 Å². The van der Waals surface area contributed by atoms with Crippen molar-refractivity contribution in [3.05, 3.63) is 59.3 Å². The minimum Gasteiger partial charge on any atom is -0.490 e. The molecule has 0 saturated carbocycles. The highest BCUT2D eigenvalue weighted by Gasteiger charge is 2.22. The molecule has 0 spiro atoms. The second-order valence-electron chi connectivity index (χ2n) is 7.63. The quantitative estimate of drug-likeness (QED) is 0.591. The maximum Gasteiger partial charge on any atom is 0.137 e. The molecule has 1 atom stereocenters. The molecule has 4 nitrogen and oxygen atoms in total. The van der Waals surface area contributed by atoms with Gasteiger partial charge in [0.25, 0.3) is 0 Å². The Balaban J connectivity index is 1.69. The Morgan fingerprint density at radius 1 is 1.28 bits per heavy atom. The van der Waals surface area contributed by atoms with Crippen LogP contribution in [0.15, 0.2) is 42.6 Å². The lowest BCUT2D eigenvalue weighted by Crippen LogP contribution is -2.21. The smallest absolute Gasteiger partial charge is 0.137 e. The monoisotopic (exact) mass is 403 g/mol. The van der Waals surface area contributed by atoms with E-state index in [0.717, 1.165) is 17.0 Å². The molecule has 0 saturated heterocycles. The van der Waals surface area contributed by atoms with Crippen LogP contribution >= 0.6 is 11.3 Å². The molecular weight excluding hydrogens is 378 g/mol. The molecule has 1 N–H and O–H groups in total. The van der Waals surface area contributed by atoms with Crippen molar-refractivity contribution in [2.45, 2.75) is 45.3 Å². The van der Waals surface area contributed by atoms with E-state index in [1.54, 1.807) is 11.3 Å². The normalized spacial score (nSPS) is 15.8. The summed E-state index contributed by atoms with van der Waals surface area (Å²) in [7, 11) is 2.04. The zero-order valence-corrected chi connectivity index (χ0v) is 17.8. The van der Waals surface area contributed by atoms with Crippen molar-refractivity contribution in [1.29, 1.82) is 5.26 Å². The molecule has 1 aliphatic rings. The van der Waals surface area contributed by atoms with Gasteiger partial charge in [-0.1, -0.05) is 18.2 Å². The van der Waals surface area contributed by atoms with Crippen LogP contribution in [0.2, 0.25) is 0 Å². The molecule has 3 aromatic rings. The first-order chi connectivity index (χ1) is 14.1. The minimum atomic E-state index is 0.0325. The largest absolute Gasteiger partial charge is 0.490 e. The first kappa shape index (κ1) is 19.6. The fourth-order valence-electron chi connectivity index (χ4n) is 4.02. The predicted molar refractivity (Wildman–Crippen MR) is 118 cm³/mol. The number of ether oxygens (including phenoxy) is 1. The van der Waals surface area contributed by atoms with Gasteiger partial charge in [0.15, 0.2) is 0 Å². The predicted octanol–water partition coefficient (Wildman–Crippen LogP) is 5.73. The Hall–Kier alpha value is -2.68. The molecule has 0 bridgehead atoms. The van der Waals surface area contributed by atoms with Crippen LogP contribution < -0.4 is 10.1 Å². The SMILES string of the molecule is CNC1CCCc2c(-c3cnc(-c4ccc(OC(C)C)c(C#N)c4)s3)cccc21. The zero-order valence-electron chi connectivity index (χ0n) is 17.0. The van der Waals surface area contributed by atoms with Crippen molar-refractivity contribution in [2.75, 3.05) is 7.05 Å². The molecule has 148 valence electrons. The molecule has 0 fully saturated rings. The molecule has 0 aliphatic heterocycles. The number of hydrogen-bond acceptors (Lipinski definition) is 5. The highest BCUT2D eigenvalue weighted by atomic mass is 32.1. The molecular formula is C24H25N3OS. The molecule has 5 heteroatoms. The van der Waals surface area contributed by atoms with E-state index >= 15 is 0 Å². The summed E-state index contributed by atoms with van der Waals surface area (Å²) in [6.07, 6.45) is 5.48. The van der Waals surface area contributed by atoms with Gasteiger partial charge in [0.2, 0.25) is 0 Å². The van der Waals surface area contributed by atoms with Gasteiger partial charge in [0, 0.05) is 17.8 Å². The Kier molecular flexibility index (Phi) is 5.66. The number of nitrogens with one attached hydrogen (secondary N) is 1. The fraction of sp³-hybridized carbons (Fsp3) is 0.333. The molecule has 1 heterocycles. The number of nitriles is 1. The van der Waals surface area contributed by atoms with Crippen LogP contribution in [0.3, 0.4) is 0 Å². The highest BCUT2D eigenvalue weighted by Crippen LogP contribution is 2.40. The summed E-state index contributed by atoms with van der Waals surface area (Å²) in [6.45, 7) is 3.92. The van der Waals surface area contributed by atoms with Gasteiger partial charge in [-0.3, -0.25) is 0 Å². The van der Waals surface area contributed by atoms with E-state index in [9.17, 15) is 5.26 Å². The Morgan fingerprint density at radius 3 is 2.90 bits per heavy atom. The molecule has 0 radical (unpaired) electrons. The van der Waals surface area contributed by atoms with Crippen molar-refractivity contribution < 1.29 is 4.74 Å². The number of rotatable bonds is 5. The Morgan fingerprint density at radius 2 is 2.14 bits per heavy atom. The first-order valence-electron chi connectivity index (χ1n) is 10.1. The molecule has 1 aliphatic carbocycles. The van der Waals surface area contributed by atoms with Crippen LogP contribution in [0, 0.1) is 11.3 Å². The Labute approximate surface area is 176 Å². The van der Waals surface area contributed by atoms with Crippen LogP contribution in [0.25, 0.3) is 21.0 Å². The van der Waals surface area contributed by atoms with Gasteiger partial charge in [-0.15, -0.1) is 11.3 Å². The fourth-order valence-corrected chi connectivity index (χ4v) is 4.98. The average Bonchev–Trinajstić information content (AvgIpc) is 3.22. The standard InChI is InChI=1S/C24H25N3OS/c1-15(2)28-22-11-10-16(12-17(22)13-25)24-27-14-23(29-24)20-8-4-7-19-18(20)6-5-9-21(19)26-3/h4,7-8,10-12,14-15,21,26H,5-6,9H2,1-3H3. The van der Waals surface area contributed by atoms with E-state index < -0.39 is 0 Å². The number of nitrogens with zero attached hydrogens (tertiary/aromatic N) is 2. The molecule has 4 rings (SSSR count). The highest BCUT2D eigenvalue weighted by molar-refractivity contribution is 7.18. The van der Waals surface area contributed by atoms with Crippen LogP contribution in [-0.4, -0.2) is 18.1 Å². The summed E-state index contributed by atoms with van der Waals surface area (Å²) in [5.74, 6) is 0.623. The first-order valence-corrected chi connectivity index (χ1v) is 10.9. The third-order valence-corrected chi connectivity index (χ3v) is 6.42. The summed E-state index contributed by atoms with van der Waals surface area (Å²) in [4.78, 5) is 5.85. The van der Waals surface area contributed by atoms with Crippen molar-refractivity contribution in [2.24, 2.45) is 0 Å². The van der Waals surface area contributed by atoms with Gasteiger partial charge in [-0.25, -0.2) is 4.98 Å². The summed E-state index contributed by atoms with van der Waals surface area (Å²) >= 11 is 1.68. The number of aromatic nitrogens is 1. The third-order valence-electron chi connectivity index (χ3n) is 5.34. The average molecular weight is 404 g/mol. The minimum absolute atomic E-state index is 0.0325. The van der Waals surface area contributed by atoms with Gasteiger partial charge in [0.05, 0.1) is 16.5 Å². The van der Waals surface area contributed by atoms with E-state index in [2.05, 4.69) is 34.6 Å². The lowest BCUT2D eigenvalue weighted by Gasteiger charge is -2.26. The van der Waals surface area contributed by atoms with Crippen molar-refractivity contribution in [1.82, 2.24) is 10.3 Å². The van der Waals surface area contributed by atoms with Crippen molar-refractivity contribution in [3.8, 4) is 32.8 Å². The summed E-state index contributed by atoms with van der Waals surface area (Å²) in [5.41, 5.74) is 5.63. The van der Waals surface area contributed by atoms with Gasteiger partial charge in [-0.05, 0) is 75.0 Å². The summed E-state index contributed by atoms with van der Waals surface area (Å²) in [5, 5.41) is 13.9. The van der Waals surface area contributed by atoms with Crippen molar-refractivity contribution in [3.63, 3.8) is 0 Å². The summed E-state index contributed by atoms with van der Waals surface area (Å²) < 4.78 is 5.74. The summed E-state index contributed by atoms with van der Waals surface area (Å²) in [6, 6.07) is 15.0. The lowest BCUT2D eigenvalue weighted by atomic mass is 9.84. The lowest BCUT2D eigenvalue weighted by molar-refractivity contribution is 0.242. The third kappa shape index (κ3) is 3.91. The van der Waals surface area contributed by atoms with Gasteiger partial charge < -0.3 is 10.1 Å². The van der Waals surface area contributed by atoms with Crippen LogP contribution in [0.5, 0.6) is 5.75 Å². The van der Waals surface area contributed by atoms with Crippen LogP contribution in [-0.2, 0) is 6.42 Å². The number of hydrogen-bond donors (Lipinski definition) is 1. The second-order valence-corrected chi connectivity index (χ2v) is 8.66. The number of fused-ring (bicyclic) bond motifs is 1. The van der Waals surface area contributed by atoms with Crippen molar-refractivity contribution >= 4 is 11.3 Å². The zero-order chi connectivity index (χ0) is 20.4. The maximum atomic E-state index is 9.51. The molecule has 1 aromatic heterocycles.